The third kappa shape index (κ3) is 11.8. The maximum atomic E-state index is 13.0. The molecule has 202 valence electrons. The van der Waals surface area contributed by atoms with E-state index in [1.807, 2.05) is 0 Å². The van der Waals surface area contributed by atoms with Crippen LogP contribution < -0.4 is 28.4 Å². The van der Waals surface area contributed by atoms with Gasteiger partial charge in [-0.25, -0.2) is 10.2 Å². The van der Waals surface area contributed by atoms with Crippen LogP contribution in [-0.4, -0.2) is 40.8 Å². The molecule has 0 aromatic heterocycles. The van der Waals surface area contributed by atoms with Crippen molar-refractivity contribution >= 4 is 23.5 Å². The summed E-state index contributed by atoms with van der Waals surface area (Å²) in [6.07, 6.45) is 19.1. The molecule has 0 bridgehead atoms. The fourth-order valence-corrected chi connectivity index (χ4v) is 3.69. The van der Waals surface area contributed by atoms with Crippen molar-refractivity contribution in [1.82, 2.24) is 5.43 Å². The molecule has 0 fully saturated rings. The number of nitrogens with one attached hydrogen (secondary N) is 1. The van der Waals surface area contributed by atoms with E-state index in [1.54, 1.807) is 0 Å². The molecule has 0 saturated heterocycles. The molecular formula is C25H48N6O4. The molecule has 0 rings (SSSR count). The molecule has 0 aliphatic heterocycles. The van der Waals surface area contributed by atoms with E-state index in [2.05, 4.69) is 29.6 Å². The van der Waals surface area contributed by atoms with Gasteiger partial charge in [-0.1, -0.05) is 70.4 Å². The molecule has 0 aromatic carbocycles. The Morgan fingerprint density at radius 1 is 0.886 bits per heavy atom. The first-order chi connectivity index (χ1) is 16.5. The van der Waals surface area contributed by atoms with Gasteiger partial charge in [0.2, 0.25) is 0 Å². The number of nitrogens with zero attached hydrogens (tertiary/aromatic N) is 1. The summed E-state index contributed by atoms with van der Waals surface area (Å²) in [5.74, 6) is -3.30. The number of nitrogens with two attached hydrogens (primary N) is 4. The molecule has 10 heteroatoms. The number of hydrazone groups is 1. The van der Waals surface area contributed by atoms with Crippen LogP contribution in [0.25, 0.3) is 0 Å². The van der Waals surface area contributed by atoms with Crippen molar-refractivity contribution in [3.63, 3.8) is 0 Å². The molecule has 0 heterocycles. The molecule has 1 amide bonds. The highest BCUT2D eigenvalue weighted by atomic mass is 16.4. The van der Waals surface area contributed by atoms with Gasteiger partial charge < -0.3 is 28.0 Å². The van der Waals surface area contributed by atoms with Crippen molar-refractivity contribution < 1.29 is 19.5 Å². The first kappa shape index (κ1) is 32.7. The van der Waals surface area contributed by atoms with Gasteiger partial charge in [0.25, 0.3) is 5.91 Å². The van der Waals surface area contributed by atoms with Crippen LogP contribution in [0.5, 0.6) is 0 Å². The van der Waals surface area contributed by atoms with Crippen molar-refractivity contribution in [2.45, 2.75) is 109 Å². The summed E-state index contributed by atoms with van der Waals surface area (Å²) in [6, 6.07) is 0. The Hall–Kier alpha value is -2.30. The molecule has 1 unspecified atom stereocenters. The van der Waals surface area contributed by atoms with Gasteiger partial charge in [-0.15, -0.1) is 0 Å². The maximum Gasteiger partial charge on any atom is 0.340 e. The van der Waals surface area contributed by atoms with Crippen LogP contribution in [0.2, 0.25) is 0 Å². The van der Waals surface area contributed by atoms with E-state index in [0.29, 0.717) is 6.42 Å². The van der Waals surface area contributed by atoms with Gasteiger partial charge in [0, 0.05) is 6.42 Å². The Kier molecular flexibility index (Phi) is 16.9. The van der Waals surface area contributed by atoms with Gasteiger partial charge in [0.1, 0.15) is 17.0 Å². The number of rotatable bonds is 21. The summed E-state index contributed by atoms with van der Waals surface area (Å²) in [7, 11) is 0. The number of hydrogen-bond acceptors (Lipinski definition) is 7. The minimum absolute atomic E-state index is 0.0408. The molecule has 0 saturated carbocycles. The number of aliphatic carboxylic acids is 1. The van der Waals surface area contributed by atoms with Crippen LogP contribution in [-0.2, 0) is 14.4 Å². The summed E-state index contributed by atoms with van der Waals surface area (Å²) >= 11 is 0. The minimum Gasteiger partial charge on any atom is -0.479 e. The lowest BCUT2D eigenvalue weighted by Crippen LogP contribution is -2.73. The van der Waals surface area contributed by atoms with Crippen molar-refractivity contribution in [1.29, 1.82) is 0 Å². The van der Waals surface area contributed by atoms with Gasteiger partial charge in [0.05, 0.1) is 6.54 Å². The van der Waals surface area contributed by atoms with E-state index in [4.69, 9.17) is 22.9 Å². The highest BCUT2D eigenvalue weighted by molar-refractivity contribution is 6.12. The second-order valence-corrected chi connectivity index (χ2v) is 9.29. The summed E-state index contributed by atoms with van der Waals surface area (Å²) in [6.45, 7) is 3.10. The zero-order valence-corrected chi connectivity index (χ0v) is 21.7. The van der Waals surface area contributed by atoms with Crippen molar-refractivity contribution in [3.05, 3.63) is 12.2 Å². The number of carbonyl (C=O) groups is 3. The van der Waals surface area contributed by atoms with E-state index < -0.39 is 34.6 Å². The molecular weight excluding hydrogens is 448 g/mol. The van der Waals surface area contributed by atoms with Gasteiger partial charge >= 0.3 is 5.97 Å². The standard InChI is InChI=1S/C25H48N6O4/c1-3-4-5-6-7-8-9-10-11-12-13-14-15-16-17-18-20(32)24(2,25(28,29)23(34)35)22(27)31-30-21(33)19-26/h10-11H,3-9,12-19,26,28-29H2,1-2H3,(H2,27,31)(H,30,33)(H,34,35)/b11-10-. The molecule has 1 atom stereocenters. The number of Topliss-reactive ketones (excluding diaryl/α,β-unsaturated/α-hetero) is 1. The van der Waals surface area contributed by atoms with E-state index in [9.17, 15) is 19.5 Å². The molecule has 10 N–H and O–H groups in total. The first-order valence-corrected chi connectivity index (χ1v) is 12.9. The Morgan fingerprint density at radius 3 is 1.86 bits per heavy atom. The van der Waals surface area contributed by atoms with E-state index in [0.717, 1.165) is 38.5 Å². The second kappa shape index (κ2) is 18.0. The lowest BCUT2D eigenvalue weighted by Gasteiger charge is -2.38. The smallest absolute Gasteiger partial charge is 0.340 e. The predicted octanol–water partition coefficient (Wildman–Crippen LogP) is 2.64. The molecule has 35 heavy (non-hydrogen) atoms. The normalized spacial score (nSPS) is 14.1. The maximum absolute atomic E-state index is 13.0. The van der Waals surface area contributed by atoms with Crippen molar-refractivity contribution in [2.24, 2.45) is 33.5 Å². The van der Waals surface area contributed by atoms with E-state index in [-0.39, 0.29) is 13.0 Å². The van der Waals surface area contributed by atoms with Gasteiger partial charge in [-0.2, -0.15) is 5.10 Å². The first-order valence-electron chi connectivity index (χ1n) is 12.9. The quantitative estimate of drug-likeness (QED) is 0.0347. The molecule has 10 nitrogen and oxygen atoms in total. The number of unbranched alkanes of at least 4 members (excludes halogenated alkanes) is 11. The fourth-order valence-electron chi connectivity index (χ4n) is 3.69. The topological polar surface area (TPSA) is 200 Å². The summed E-state index contributed by atoms with van der Waals surface area (Å²) in [4.78, 5) is 36.0. The Bertz CT molecular complexity index is 708. The van der Waals surface area contributed by atoms with Crippen LogP contribution in [0.3, 0.4) is 0 Å². The van der Waals surface area contributed by atoms with Gasteiger partial charge in [-0.05, 0) is 39.0 Å². The summed E-state index contributed by atoms with van der Waals surface area (Å²) < 4.78 is 0. The lowest BCUT2D eigenvalue weighted by molar-refractivity contribution is -0.150. The number of amidine groups is 1. The monoisotopic (exact) mass is 496 g/mol. The van der Waals surface area contributed by atoms with E-state index in [1.165, 1.54) is 45.4 Å². The highest BCUT2D eigenvalue weighted by Crippen LogP contribution is 2.30. The van der Waals surface area contributed by atoms with Crippen LogP contribution in [0.15, 0.2) is 17.3 Å². The number of hydrogen-bond donors (Lipinski definition) is 6. The third-order valence-electron chi connectivity index (χ3n) is 6.40. The number of amides is 1. The number of carbonyl (C=O) groups excluding carboxylic acids is 2. The third-order valence-corrected chi connectivity index (χ3v) is 6.40. The lowest BCUT2D eigenvalue weighted by atomic mass is 9.71. The predicted molar refractivity (Wildman–Crippen MR) is 140 cm³/mol. The van der Waals surface area contributed by atoms with Crippen LogP contribution in [0, 0.1) is 5.41 Å². The average molecular weight is 497 g/mol. The Morgan fingerprint density at radius 2 is 1.37 bits per heavy atom. The summed E-state index contributed by atoms with van der Waals surface area (Å²) in [5.41, 5.74) is 20.2. The minimum atomic E-state index is -2.51. The Balaban J connectivity index is 4.44. The molecule has 0 aromatic rings. The molecule has 0 aliphatic rings. The largest absolute Gasteiger partial charge is 0.479 e. The second-order valence-electron chi connectivity index (χ2n) is 9.29. The number of carboxylic acids is 1. The van der Waals surface area contributed by atoms with Crippen LogP contribution >= 0.6 is 0 Å². The number of carboxylic acid groups (broad SMARTS) is 1. The molecule has 0 radical (unpaired) electrons. The summed E-state index contributed by atoms with van der Waals surface area (Å²) in [5, 5.41) is 13.1. The molecule has 0 aliphatic carbocycles. The van der Waals surface area contributed by atoms with Crippen LogP contribution in [0.1, 0.15) is 104 Å². The van der Waals surface area contributed by atoms with Crippen molar-refractivity contribution in [2.75, 3.05) is 6.54 Å². The number of ketones is 1. The average Bonchev–Trinajstić information content (AvgIpc) is 2.83. The van der Waals surface area contributed by atoms with Gasteiger partial charge in [0.15, 0.2) is 5.66 Å². The SMILES string of the molecule is CCCCCCCC/C=C\CCCCCCCC(=O)C(C)(C(N)=NNC(=O)CN)C(N)(N)C(=O)O. The number of allylic oxidation sites excluding steroid dienone is 2. The zero-order valence-electron chi connectivity index (χ0n) is 21.7. The van der Waals surface area contributed by atoms with Crippen LogP contribution in [0.4, 0.5) is 0 Å². The van der Waals surface area contributed by atoms with E-state index >= 15 is 0 Å². The Labute approximate surface area is 210 Å². The molecule has 0 spiro atoms. The van der Waals surface area contributed by atoms with Gasteiger partial charge in [-0.3, -0.25) is 9.59 Å². The van der Waals surface area contributed by atoms with Crippen molar-refractivity contribution in [3.8, 4) is 0 Å². The zero-order chi connectivity index (χ0) is 26.7. The fraction of sp³-hybridized carbons (Fsp3) is 0.760. The highest BCUT2D eigenvalue weighted by Gasteiger charge is 2.56.